The van der Waals surface area contributed by atoms with Crippen molar-refractivity contribution in [2.45, 2.75) is 12.7 Å². The van der Waals surface area contributed by atoms with Crippen LogP contribution in [0.4, 0.5) is 24.7 Å². The molecule has 2 aromatic rings. The van der Waals surface area contributed by atoms with Gasteiger partial charge in [-0.25, -0.2) is 9.97 Å². The number of rotatable bonds is 3. The summed E-state index contributed by atoms with van der Waals surface area (Å²) in [6.07, 6.45) is -3.23. The van der Waals surface area contributed by atoms with Crippen molar-refractivity contribution in [2.75, 3.05) is 11.1 Å². The molecule has 0 aliphatic carbocycles. The molecule has 0 saturated carbocycles. The van der Waals surface area contributed by atoms with Crippen LogP contribution in [-0.4, -0.2) is 9.97 Å². The van der Waals surface area contributed by atoms with Crippen molar-refractivity contribution in [1.29, 1.82) is 0 Å². The van der Waals surface area contributed by atoms with Crippen molar-refractivity contribution in [3.63, 3.8) is 0 Å². The van der Waals surface area contributed by atoms with Gasteiger partial charge >= 0.3 is 6.18 Å². The van der Waals surface area contributed by atoms with Gasteiger partial charge in [0, 0.05) is 6.54 Å². The fourth-order valence-corrected chi connectivity index (χ4v) is 1.78. The van der Waals surface area contributed by atoms with Gasteiger partial charge in [0.25, 0.3) is 0 Å². The molecule has 1 aromatic carbocycles. The zero-order valence-corrected chi connectivity index (χ0v) is 10.8. The molecule has 0 atom stereocenters. The highest BCUT2D eigenvalue weighted by Gasteiger charge is 2.32. The van der Waals surface area contributed by atoms with Crippen LogP contribution in [0.3, 0.4) is 0 Å². The van der Waals surface area contributed by atoms with Crippen LogP contribution in [0.5, 0.6) is 0 Å². The second kappa shape index (κ2) is 5.54. The molecule has 0 fully saturated rings. The van der Waals surface area contributed by atoms with Gasteiger partial charge in [0.15, 0.2) is 11.0 Å². The van der Waals surface area contributed by atoms with Gasteiger partial charge in [-0.3, -0.25) is 0 Å². The number of benzene rings is 1. The molecule has 0 unspecified atom stereocenters. The predicted octanol–water partition coefficient (Wildman–Crippen LogP) is 3.34. The van der Waals surface area contributed by atoms with Gasteiger partial charge in [-0.05, 0) is 11.6 Å². The summed E-state index contributed by atoms with van der Waals surface area (Å²) in [5.74, 6) is 0.196. The lowest BCUT2D eigenvalue weighted by Gasteiger charge is -2.14. The van der Waals surface area contributed by atoms with Crippen molar-refractivity contribution >= 4 is 23.1 Å². The Morgan fingerprint density at radius 2 is 1.90 bits per heavy atom. The maximum atomic E-state index is 12.8. The first-order chi connectivity index (χ1) is 9.39. The third-order valence-corrected chi connectivity index (χ3v) is 2.91. The van der Waals surface area contributed by atoms with E-state index in [0.29, 0.717) is 0 Å². The van der Waals surface area contributed by atoms with Gasteiger partial charge in [0.05, 0.1) is 5.56 Å². The topological polar surface area (TPSA) is 63.8 Å². The lowest BCUT2D eigenvalue weighted by Crippen LogP contribution is -2.12. The molecule has 0 spiro atoms. The van der Waals surface area contributed by atoms with E-state index in [9.17, 15) is 13.2 Å². The third kappa shape index (κ3) is 3.11. The minimum atomic E-state index is -4.41. The molecule has 0 aliphatic rings. The fourth-order valence-electron chi connectivity index (χ4n) is 1.64. The first-order valence-electron chi connectivity index (χ1n) is 5.54. The second-order valence-corrected chi connectivity index (χ2v) is 4.29. The predicted molar refractivity (Wildman–Crippen MR) is 70.2 cm³/mol. The standard InChI is InChI=1S/C12H10ClF3N4/c13-10-9(17)11(20-6-19-10)18-5-7-3-1-2-4-8(7)12(14,15)16/h1-4,6H,5,17H2,(H,18,19,20). The Morgan fingerprint density at radius 3 is 2.60 bits per heavy atom. The summed E-state index contributed by atoms with van der Waals surface area (Å²) in [5.41, 5.74) is 5.11. The maximum absolute atomic E-state index is 12.8. The van der Waals surface area contributed by atoms with Crippen LogP contribution in [0.25, 0.3) is 0 Å². The summed E-state index contributed by atoms with van der Waals surface area (Å²) in [7, 11) is 0. The van der Waals surface area contributed by atoms with E-state index in [4.69, 9.17) is 17.3 Å². The Morgan fingerprint density at radius 1 is 1.20 bits per heavy atom. The van der Waals surface area contributed by atoms with E-state index < -0.39 is 11.7 Å². The minimum Gasteiger partial charge on any atom is -0.393 e. The van der Waals surface area contributed by atoms with E-state index in [-0.39, 0.29) is 28.8 Å². The summed E-state index contributed by atoms with van der Waals surface area (Å²) in [5, 5.41) is 2.77. The molecular weight excluding hydrogens is 293 g/mol. The second-order valence-electron chi connectivity index (χ2n) is 3.94. The summed E-state index contributed by atoms with van der Waals surface area (Å²) in [6.45, 7) is -0.0762. The van der Waals surface area contributed by atoms with Gasteiger partial charge in [-0.2, -0.15) is 13.2 Å². The van der Waals surface area contributed by atoms with E-state index in [1.165, 1.54) is 24.5 Å². The van der Waals surface area contributed by atoms with Crippen LogP contribution < -0.4 is 11.1 Å². The van der Waals surface area contributed by atoms with Crippen molar-refractivity contribution < 1.29 is 13.2 Å². The molecule has 0 radical (unpaired) electrons. The first kappa shape index (κ1) is 14.4. The summed E-state index contributed by atoms with van der Waals surface area (Å²) in [6, 6.07) is 5.27. The average Bonchev–Trinajstić information content (AvgIpc) is 2.40. The molecule has 1 aromatic heterocycles. The van der Waals surface area contributed by atoms with Crippen molar-refractivity contribution in [2.24, 2.45) is 0 Å². The maximum Gasteiger partial charge on any atom is 0.416 e. The highest BCUT2D eigenvalue weighted by Crippen LogP contribution is 2.32. The van der Waals surface area contributed by atoms with E-state index in [0.717, 1.165) is 6.07 Å². The van der Waals surface area contributed by atoms with Gasteiger partial charge in [0.2, 0.25) is 0 Å². The molecule has 2 rings (SSSR count). The molecule has 0 saturated heterocycles. The zero-order chi connectivity index (χ0) is 14.8. The normalized spacial score (nSPS) is 11.4. The number of hydrogen-bond donors (Lipinski definition) is 2. The Bertz CT molecular complexity index is 616. The van der Waals surface area contributed by atoms with E-state index in [1.54, 1.807) is 0 Å². The number of hydrogen-bond acceptors (Lipinski definition) is 4. The summed E-state index contributed by atoms with van der Waals surface area (Å²) >= 11 is 5.70. The average molecular weight is 303 g/mol. The molecule has 4 nitrogen and oxygen atoms in total. The third-order valence-electron chi connectivity index (χ3n) is 2.60. The summed E-state index contributed by atoms with van der Waals surface area (Å²) < 4.78 is 38.5. The number of alkyl halides is 3. The number of anilines is 2. The number of nitrogens with one attached hydrogen (secondary N) is 1. The van der Waals surface area contributed by atoms with Crippen LogP contribution in [0.1, 0.15) is 11.1 Å². The fraction of sp³-hybridized carbons (Fsp3) is 0.167. The highest BCUT2D eigenvalue weighted by molar-refractivity contribution is 6.32. The van der Waals surface area contributed by atoms with E-state index >= 15 is 0 Å². The quantitative estimate of drug-likeness (QED) is 0.854. The van der Waals surface area contributed by atoms with Crippen LogP contribution in [-0.2, 0) is 12.7 Å². The Labute approximate surface area is 117 Å². The monoisotopic (exact) mass is 302 g/mol. The lowest BCUT2D eigenvalue weighted by atomic mass is 10.1. The molecule has 0 amide bonds. The largest absolute Gasteiger partial charge is 0.416 e. The lowest BCUT2D eigenvalue weighted by molar-refractivity contribution is -0.138. The number of aromatic nitrogens is 2. The zero-order valence-electron chi connectivity index (χ0n) is 10.1. The molecular formula is C12H10ClF3N4. The molecule has 20 heavy (non-hydrogen) atoms. The smallest absolute Gasteiger partial charge is 0.393 e. The molecule has 0 bridgehead atoms. The molecule has 3 N–H and O–H groups in total. The molecule has 8 heteroatoms. The van der Waals surface area contributed by atoms with E-state index in [2.05, 4.69) is 15.3 Å². The molecule has 1 heterocycles. The SMILES string of the molecule is Nc1c(Cl)ncnc1NCc1ccccc1C(F)(F)F. The van der Waals surface area contributed by atoms with Crippen molar-refractivity contribution in [1.82, 2.24) is 9.97 Å². The summed E-state index contributed by atoms with van der Waals surface area (Å²) in [4.78, 5) is 7.49. The van der Waals surface area contributed by atoms with Crippen LogP contribution in [0.15, 0.2) is 30.6 Å². The van der Waals surface area contributed by atoms with Crippen molar-refractivity contribution in [3.05, 3.63) is 46.9 Å². The van der Waals surface area contributed by atoms with Gasteiger partial charge in [-0.15, -0.1) is 0 Å². The Kier molecular flexibility index (Phi) is 3.99. The van der Waals surface area contributed by atoms with Gasteiger partial charge in [0.1, 0.15) is 12.0 Å². The van der Waals surface area contributed by atoms with Crippen molar-refractivity contribution in [3.8, 4) is 0 Å². The Hall–Kier alpha value is -2.02. The molecule has 0 aliphatic heterocycles. The minimum absolute atomic E-state index is 0.0478. The van der Waals surface area contributed by atoms with Gasteiger partial charge < -0.3 is 11.1 Å². The van der Waals surface area contributed by atoms with Crippen LogP contribution in [0.2, 0.25) is 5.15 Å². The highest BCUT2D eigenvalue weighted by atomic mass is 35.5. The number of nitrogens with zero attached hydrogens (tertiary/aromatic N) is 2. The van der Waals surface area contributed by atoms with Gasteiger partial charge in [-0.1, -0.05) is 29.8 Å². The van der Waals surface area contributed by atoms with Crippen LogP contribution >= 0.6 is 11.6 Å². The Balaban J connectivity index is 2.22. The number of nitrogen functional groups attached to an aromatic ring is 1. The van der Waals surface area contributed by atoms with Crippen LogP contribution in [0, 0.1) is 0 Å². The molecule has 106 valence electrons. The first-order valence-corrected chi connectivity index (χ1v) is 5.92. The van der Waals surface area contributed by atoms with E-state index in [1.807, 2.05) is 0 Å². The number of nitrogens with two attached hydrogens (primary N) is 1. The number of halogens is 4.